The zero-order valence-electron chi connectivity index (χ0n) is 15.2. The lowest BCUT2D eigenvalue weighted by molar-refractivity contribution is 0.208. The van der Waals surface area contributed by atoms with Crippen LogP contribution in [0.5, 0.6) is 0 Å². The number of carbonyl (C=O) groups excluding carboxylic acids is 1. The van der Waals surface area contributed by atoms with Crippen LogP contribution in [-0.4, -0.2) is 42.1 Å². The van der Waals surface area contributed by atoms with E-state index in [1.165, 1.54) is 5.56 Å². The first-order valence-corrected chi connectivity index (χ1v) is 8.87. The number of rotatable bonds is 3. The largest absolute Gasteiger partial charge is 0.353 e. The van der Waals surface area contributed by atoms with Crippen molar-refractivity contribution in [3.8, 4) is 0 Å². The van der Waals surface area contributed by atoms with Gasteiger partial charge < -0.3 is 15.1 Å². The highest BCUT2D eigenvalue weighted by Crippen LogP contribution is 2.27. The Hall–Kier alpha value is -2.56. The molecule has 0 spiro atoms. The average molecular weight is 338 g/mol. The highest BCUT2D eigenvalue weighted by atomic mass is 16.2. The summed E-state index contributed by atoms with van der Waals surface area (Å²) in [7, 11) is 0. The summed E-state index contributed by atoms with van der Waals surface area (Å²) in [6.07, 6.45) is 1.81. The molecule has 0 atom stereocenters. The number of hydrogen-bond donors (Lipinski definition) is 1. The Balaban J connectivity index is 1.64. The summed E-state index contributed by atoms with van der Waals surface area (Å²) in [5.74, 6) is 1.35. The number of pyridine rings is 1. The van der Waals surface area contributed by atoms with E-state index in [1.807, 2.05) is 42.2 Å². The fraction of sp³-hybridized carbons (Fsp3) is 0.400. The number of para-hydroxylation sites is 1. The minimum atomic E-state index is -0.0168. The van der Waals surface area contributed by atoms with E-state index in [0.717, 1.165) is 30.2 Å². The maximum atomic E-state index is 12.7. The number of urea groups is 1. The number of aromatic nitrogens is 1. The minimum absolute atomic E-state index is 0.0168. The third kappa shape index (κ3) is 3.92. The van der Waals surface area contributed by atoms with Crippen LogP contribution >= 0.6 is 0 Å². The number of amides is 2. The van der Waals surface area contributed by atoms with E-state index in [1.54, 1.807) is 6.20 Å². The van der Waals surface area contributed by atoms with Gasteiger partial charge in [-0.1, -0.05) is 38.1 Å². The molecule has 1 saturated heterocycles. The van der Waals surface area contributed by atoms with Crippen molar-refractivity contribution in [2.75, 3.05) is 36.4 Å². The average Bonchev–Trinajstić information content (AvgIpc) is 2.64. The van der Waals surface area contributed by atoms with Crippen molar-refractivity contribution in [3.05, 3.63) is 53.7 Å². The quantitative estimate of drug-likeness (QED) is 0.924. The summed E-state index contributed by atoms with van der Waals surface area (Å²) < 4.78 is 0. The van der Waals surface area contributed by atoms with Crippen LogP contribution in [0.25, 0.3) is 0 Å². The summed E-state index contributed by atoms with van der Waals surface area (Å²) >= 11 is 0. The standard InChI is InChI=1S/C20H26N4O/c1-15(2)17-8-6-7-16(3)19(17)22-20(25)24-13-11-23(12-14-24)18-9-4-5-10-21-18/h4-10,15H,11-14H2,1-3H3,(H,22,25). The summed E-state index contributed by atoms with van der Waals surface area (Å²) in [5, 5.41) is 3.14. The van der Waals surface area contributed by atoms with Crippen molar-refractivity contribution in [3.63, 3.8) is 0 Å². The molecule has 25 heavy (non-hydrogen) atoms. The van der Waals surface area contributed by atoms with Crippen LogP contribution in [0.1, 0.15) is 30.9 Å². The molecule has 5 heteroatoms. The van der Waals surface area contributed by atoms with Gasteiger partial charge in [0.25, 0.3) is 0 Å². The molecule has 1 aromatic carbocycles. The van der Waals surface area contributed by atoms with E-state index in [0.29, 0.717) is 19.0 Å². The Labute approximate surface area is 149 Å². The first-order valence-electron chi connectivity index (χ1n) is 8.87. The number of nitrogens with one attached hydrogen (secondary N) is 1. The Morgan fingerprint density at radius 3 is 2.48 bits per heavy atom. The fourth-order valence-corrected chi connectivity index (χ4v) is 3.21. The van der Waals surface area contributed by atoms with Gasteiger partial charge in [0, 0.05) is 38.1 Å². The zero-order valence-corrected chi connectivity index (χ0v) is 15.2. The van der Waals surface area contributed by atoms with Gasteiger partial charge in [0.1, 0.15) is 5.82 Å². The number of benzene rings is 1. The SMILES string of the molecule is Cc1cccc(C(C)C)c1NC(=O)N1CCN(c2ccccn2)CC1. The van der Waals surface area contributed by atoms with Gasteiger partial charge in [0.2, 0.25) is 0 Å². The lowest BCUT2D eigenvalue weighted by atomic mass is 9.98. The molecular formula is C20H26N4O. The Kier molecular flexibility index (Phi) is 5.22. The van der Waals surface area contributed by atoms with Gasteiger partial charge in [0.05, 0.1) is 0 Å². The molecular weight excluding hydrogens is 312 g/mol. The normalized spacial score (nSPS) is 14.7. The number of nitrogens with zero attached hydrogens (tertiary/aromatic N) is 3. The van der Waals surface area contributed by atoms with E-state index in [2.05, 4.69) is 35.1 Å². The van der Waals surface area contributed by atoms with Crippen molar-refractivity contribution in [1.29, 1.82) is 0 Å². The summed E-state index contributed by atoms with van der Waals surface area (Å²) in [6, 6.07) is 12.1. The van der Waals surface area contributed by atoms with Gasteiger partial charge in [-0.3, -0.25) is 0 Å². The van der Waals surface area contributed by atoms with Gasteiger partial charge in [0.15, 0.2) is 0 Å². The van der Waals surface area contributed by atoms with Crippen molar-refractivity contribution in [1.82, 2.24) is 9.88 Å². The van der Waals surface area contributed by atoms with Crippen LogP contribution in [0.4, 0.5) is 16.3 Å². The van der Waals surface area contributed by atoms with Crippen LogP contribution in [0.15, 0.2) is 42.6 Å². The molecule has 2 heterocycles. The predicted molar refractivity (Wildman–Crippen MR) is 102 cm³/mol. The van der Waals surface area contributed by atoms with Crippen molar-refractivity contribution >= 4 is 17.5 Å². The third-order valence-corrected chi connectivity index (χ3v) is 4.70. The number of piperazine rings is 1. The molecule has 1 N–H and O–H groups in total. The van der Waals surface area contributed by atoms with E-state index >= 15 is 0 Å². The second-order valence-corrected chi connectivity index (χ2v) is 6.79. The molecule has 132 valence electrons. The van der Waals surface area contributed by atoms with Crippen LogP contribution in [-0.2, 0) is 0 Å². The van der Waals surface area contributed by atoms with Crippen LogP contribution < -0.4 is 10.2 Å². The number of carbonyl (C=O) groups is 1. The maximum Gasteiger partial charge on any atom is 0.321 e. The molecule has 2 amide bonds. The van der Waals surface area contributed by atoms with Gasteiger partial charge in [-0.15, -0.1) is 0 Å². The molecule has 2 aromatic rings. The first kappa shape index (κ1) is 17.3. The number of hydrogen-bond acceptors (Lipinski definition) is 3. The van der Waals surface area contributed by atoms with E-state index < -0.39 is 0 Å². The Morgan fingerprint density at radius 2 is 1.84 bits per heavy atom. The van der Waals surface area contributed by atoms with Crippen LogP contribution in [0.2, 0.25) is 0 Å². The topological polar surface area (TPSA) is 48.5 Å². The minimum Gasteiger partial charge on any atom is -0.353 e. The van der Waals surface area contributed by atoms with Gasteiger partial charge in [-0.25, -0.2) is 9.78 Å². The maximum absolute atomic E-state index is 12.7. The first-order chi connectivity index (χ1) is 12.1. The zero-order chi connectivity index (χ0) is 17.8. The second-order valence-electron chi connectivity index (χ2n) is 6.79. The highest BCUT2D eigenvalue weighted by Gasteiger charge is 2.23. The smallest absolute Gasteiger partial charge is 0.321 e. The molecule has 0 bridgehead atoms. The van der Waals surface area contributed by atoms with Gasteiger partial charge >= 0.3 is 6.03 Å². The van der Waals surface area contributed by atoms with Gasteiger partial charge in [-0.05, 0) is 36.1 Å². The van der Waals surface area contributed by atoms with E-state index in [9.17, 15) is 4.79 Å². The monoisotopic (exact) mass is 338 g/mol. The molecule has 1 aliphatic heterocycles. The Bertz CT molecular complexity index is 722. The van der Waals surface area contributed by atoms with E-state index in [4.69, 9.17) is 0 Å². The number of aryl methyl sites for hydroxylation is 1. The predicted octanol–water partition coefficient (Wildman–Crippen LogP) is 3.87. The summed E-state index contributed by atoms with van der Waals surface area (Å²) in [6.45, 7) is 9.34. The molecule has 1 fully saturated rings. The molecule has 3 rings (SSSR count). The molecule has 0 aliphatic carbocycles. The van der Waals surface area contributed by atoms with Crippen molar-refractivity contribution in [2.24, 2.45) is 0 Å². The fourth-order valence-electron chi connectivity index (χ4n) is 3.21. The highest BCUT2D eigenvalue weighted by molar-refractivity contribution is 5.91. The molecule has 0 saturated carbocycles. The summed E-state index contributed by atoms with van der Waals surface area (Å²) in [4.78, 5) is 21.2. The molecule has 5 nitrogen and oxygen atoms in total. The lowest BCUT2D eigenvalue weighted by Gasteiger charge is -2.35. The van der Waals surface area contributed by atoms with Crippen LogP contribution in [0, 0.1) is 6.92 Å². The second kappa shape index (κ2) is 7.55. The lowest BCUT2D eigenvalue weighted by Crippen LogP contribution is -2.50. The van der Waals surface area contributed by atoms with Crippen molar-refractivity contribution < 1.29 is 4.79 Å². The van der Waals surface area contributed by atoms with E-state index in [-0.39, 0.29) is 6.03 Å². The Morgan fingerprint density at radius 1 is 1.08 bits per heavy atom. The molecule has 1 aliphatic rings. The van der Waals surface area contributed by atoms with Crippen LogP contribution in [0.3, 0.4) is 0 Å². The third-order valence-electron chi connectivity index (χ3n) is 4.70. The molecule has 0 unspecified atom stereocenters. The summed E-state index contributed by atoms with van der Waals surface area (Å²) in [5.41, 5.74) is 3.24. The van der Waals surface area contributed by atoms with Crippen molar-refractivity contribution in [2.45, 2.75) is 26.7 Å². The molecule has 1 aromatic heterocycles. The number of anilines is 2. The molecule has 0 radical (unpaired) electrons. The van der Waals surface area contributed by atoms with Gasteiger partial charge in [-0.2, -0.15) is 0 Å².